The van der Waals surface area contributed by atoms with E-state index in [1.807, 2.05) is 6.07 Å². The van der Waals surface area contributed by atoms with E-state index in [9.17, 15) is 4.39 Å². The Morgan fingerprint density at radius 3 is 2.60 bits per heavy atom. The zero-order valence-electron chi connectivity index (χ0n) is 8.83. The first-order valence-corrected chi connectivity index (χ1v) is 5.81. The molecule has 3 nitrogen and oxygen atoms in total. The second-order valence-electron chi connectivity index (χ2n) is 2.89. The number of benzene rings is 1. The van der Waals surface area contributed by atoms with Crippen molar-refractivity contribution in [1.29, 1.82) is 0 Å². The molecule has 0 aliphatic heterocycles. The van der Waals surface area contributed by atoms with Crippen molar-refractivity contribution in [3.05, 3.63) is 35.6 Å². The van der Waals surface area contributed by atoms with Gasteiger partial charge in [-0.1, -0.05) is 12.1 Å². The lowest BCUT2D eigenvalue weighted by molar-refractivity contribution is 0.137. The van der Waals surface area contributed by atoms with E-state index in [1.54, 1.807) is 20.3 Å². The van der Waals surface area contributed by atoms with Crippen LogP contribution in [0.2, 0.25) is 0 Å². The second kappa shape index (κ2) is 6.68. The van der Waals surface area contributed by atoms with E-state index in [-0.39, 0.29) is 5.82 Å². The van der Waals surface area contributed by atoms with Gasteiger partial charge in [0.1, 0.15) is 5.82 Å². The SMILES string of the molecule is CO[Si](OC)OCCc1cccc(F)c1. The highest BCUT2D eigenvalue weighted by Crippen LogP contribution is 2.04. The first kappa shape index (κ1) is 12.3. The van der Waals surface area contributed by atoms with E-state index < -0.39 is 9.53 Å². The van der Waals surface area contributed by atoms with Crippen LogP contribution < -0.4 is 0 Å². The van der Waals surface area contributed by atoms with Crippen molar-refractivity contribution in [1.82, 2.24) is 0 Å². The van der Waals surface area contributed by atoms with Crippen molar-refractivity contribution < 1.29 is 17.7 Å². The molecule has 0 fully saturated rings. The van der Waals surface area contributed by atoms with Gasteiger partial charge in [-0.2, -0.15) is 0 Å². The summed E-state index contributed by atoms with van der Waals surface area (Å²) in [5.74, 6) is -0.225. The highest BCUT2D eigenvalue weighted by atomic mass is 28.3. The van der Waals surface area contributed by atoms with Gasteiger partial charge in [0.15, 0.2) is 0 Å². The predicted molar refractivity (Wildman–Crippen MR) is 55.8 cm³/mol. The van der Waals surface area contributed by atoms with E-state index in [4.69, 9.17) is 13.3 Å². The van der Waals surface area contributed by atoms with E-state index >= 15 is 0 Å². The average molecular weight is 229 g/mol. The van der Waals surface area contributed by atoms with Crippen LogP contribution in [0.3, 0.4) is 0 Å². The Kier molecular flexibility index (Phi) is 5.48. The highest BCUT2D eigenvalue weighted by Gasteiger charge is 2.13. The molecule has 0 spiro atoms. The topological polar surface area (TPSA) is 27.7 Å². The highest BCUT2D eigenvalue weighted by molar-refractivity contribution is 6.36. The van der Waals surface area contributed by atoms with Crippen molar-refractivity contribution in [3.8, 4) is 0 Å². The molecule has 0 N–H and O–H groups in total. The molecule has 1 rings (SSSR count). The minimum absolute atomic E-state index is 0.225. The molecule has 0 aliphatic carbocycles. The molecule has 0 unspecified atom stereocenters. The first-order valence-electron chi connectivity index (χ1n) is 4.58. The lowest BCUT2D eigenvalue weighted by atomic mass is 10.2. The van der Waals surface area contributed by atoms with Gasteiger partial charge in [-0.25, -0.2) is 4.39 Å². The molecule has 1 aromatic rings. The minimum Gasteiger partial charge on any atom is -0.375 e. The maximum atomic E-state index is 12.8. The van der Waals surface area contributed by atoms with E-state index in [1.165, 1.54) is 12.1 Å². The molecule has 1 radical (unpaired) electrons. The molecule has 0 amide bonds. The summed E-state index contributed by atoms with van der Waals surface area (Å²) in [6, 6.07) is 6.46. The van der Waals surface area contributed by atoms with Crippen LogP contribution in [0.25, 0.3) is 0 Å². The molecule has 83 valence electrons. The Labute approximate surface area is 90.7 Å². The molecule has 0 atom stereocenters. The van der Waals surface area contributed by atoms with E-state index in [2.05, 4.69) is 0 Å². The smallest absolute Gasteiger partial charge is 0.375 e. The van der Waals surface area contributed by atoms with Crippen LogP contribution in [0.15, 0.2) is 24.3 Å². The fraction of sp³-hybridized carbons (Fsp3) is 0.400. The molecule has 0 aliphatic rings. The van der Waals surface area contributed by atoms with Crippen LogP contribution in [-0.2, 0) is 19.7 Å². The Balaban J connectivity index is 2.31. The van der Waals surface area contributed by atoms with E-state index in [0.717, 1.165) is 5.56 Å². The van der Waals surface area contributed by atoms with Crippen molar-refractivity contribution in [3.63, 3.8) is 0 Å². The molecule has 5 heteroatoms. The first-order chi connectivity index (χ1) is 7.26. The molecule has 1 aromatic carbocycles. The summed E-state index contributed by atoms with van der Waals surface area (Å²) in [6.07, 6.45) is 0.651. The lowest BCUT2D eigenvalue weighted by Crippen LogP contribution is -2.24. The molecule has 15 heavy (non-hydrogen) atoms. The van der Waals surface area contributed by atoms with Crippen molar-refractivity contribution in [2.45, 2.75) is 6.42 Å². The van der Waals surface area contributed by atoms with Crippen LogP contribution in [0.1, 0.15) is 5.56 Å². The summed E-state index contributed by atoms with van der Waals surface area (Å²) in [4.78, 5) is 0. The largest absolute Gasteiger partial charge is 0.577 e. The van der Waals surface area contributed by atoms with Gasteiger partial charge in [0.2, 0.25) is 0 Å². The molecular weight excluding hydrogens is 215 g/mol. The van der Waals surface area contributed by atoms with Gasteiger partial charge in [-0.3, -0.25) is 0 Å². The number of rotatable bonds is 6. The molecule has 0 heterocycles. The van der Waals surface area contributed by atoms with Gasteiger partial charge in [0.05, 0.1) is 0 Å². The summed E-state index contributed by atoms with van der Waals surface area (Å²) in [5.41, 5.74) is 0.906. The van der Waals surface area contributed by atoms with Gasteiger partial charge < -0.3 is 13.3 Å². The molecular formula is C10H14FO3Si. The monoisotopic (exact) mass is 229 g/mol. The normalized spacial score (nSPS) is 10.9. The van der Waals surface area contributed by atoms with Gasteiger partial charge >= 0.3 is 9.53 Å². The predicted octanol–water partition coefficient (Wildman–Crippen LogP) is 1.66. The average Bonchev–Trinajstić information content (AvgIpc) is 2.25. The molecule has 0 saturated heterocycles. The summed E-state index contributed by atoms with van der Waals surface area (Å²) in [6.45, 7) is 0.472. The summed E-state index contributed by atoms with van der Waals surface area (Å²) in [5, 5.41) is 0. The molecule has 0 aromatic heterocycles. The zero-order valence-corrected chi connectivity index (χ0v) is 9.83. The van der Waals surface area contributed by atoms with Crippen molar-refractivity contribution >= 4 is 9.53 Å². The fourth-order valence-corrected chi connectivity index (χ4v) is 1.82. The maximum absolute atomic E-state index is 12.8. The third kappa shape index (κ3) is 4.52. The van der Waals surface area contributed by atoms with Gasteiger partial charge in [-0.05, 0) is 24.1 Å². The maximum Gasteiger partial charge on any atom is 0.577 e. The summed E-state index contributed by atoms with van der Waals surface area (Å²) < 4.78 is 28.0. The molecule has 0 bridgehead atoms. The quantitative estimate of drug-likeness (QED) is 0.694. The third-order valence-corrected chi connectivity index (χ3v) is 2.94. The van der Waals surface area contributed by atoms with Crippen molar-refractivity contribution in [2.24, 2.45) is 0 Å². The van der Waals surface area contributed by atoms with Gasteiger partial charge in [0.25, 0.3) is 0 Å². The lowest BCUT2D eigenvalue weighted by Gasteiger charge is -2.09. The van der Waals surface area contributed by atoms with Crippen LogP contribution >= 0.6 is 0 Å². The third-order valence-electron chi connectivity index (χ3n) is 1.83. The fourth-order valence-electron chi connectivity index (χ4n) is 1.15. The Morgan fingerprint density at radius 2 is 2.00 bits per heavy atom. The van der Waals surface area contributed by atoms with Gasteiger partial charge in [-0.15, -0.1) is 0 Å². The molecule has 0 saturated carbocycles. The number of hydrogen-bond acceptors (Lipinski definition) is 3. The standard InChI is InChI=1S/C10H14FO3Si/c1-12-15(13-2)14-7-6-9-4-3-5-10(11)8-9/h3-5,8H,6-7H2,1-2H3. The minimum atomic E-state index is -1.60. The van der Waals surface area contributed by atoms with E-state index in [0.29, 0.717) is 13.0 Å². The Morgan fingerprint density at radius 1 is 1.27 bits per heavy atom. The summed E-state index contributed by atoms with van der Waals surface area (Å²) >= 11 is 0. The Bertz CT molecular complexity index is 292. The van der Waals surface area contributed by atoms with Gasteiger partial charge in [0, 0.05) is 20.8 Å². The van der Waals surface area contributed by atoms with Crippen LogP contribution in [0, 0.1) is 5.82 Å². The number of halogens is 1. The number of hydrogen-bond donors (Lipinski definition) is 0. The zero-order chi connectivity index (χ0) is 11.1. The Hall–Kier alpha value is -0.753. The van der Waals surface area contributed by atoms with Crippen molar-refractivity contribution in [2.75, 3.05) is 20.8 Å². The second-order valence-corrected chi connectivity index (χ2v) is 4.49. The van der Waals surface area contributed by atoms with Crippen LogP contribution in [0.4, 0.5) is 4.39 Å². The van der Waals surface area contributed by atoms with Crippen LogP contribution in [-0.4, -0.2) is 30.4 Å². The summed E-state index contributed by atoms with van der Waals surface area (Å²) in [7, 11) is 1.49. The van der Waals surface area contributed by atoms with Crippen LogP contribution in [0.5, 0.6) is 0 Å².